The lowest BCUT2D eigenvalue weighted by molar-refractivity contribution is -0.120. The van der Waals surface area contributed by atoms with E-state index in [0.29, 0.717) is 34.8 Å². The highest BCUT2D eigenvalue weighted by Crippen LogP contribution is 2.37. The van der Waals surface area contributed by atoms with Crippen molar-refractivity contribution in [1.82, 2.24) is 15.1 Å². The van der Waals surface area contributed by atoms with Gasteiger partial charge in [-0.1, -0.05) is 24.3 Å². The van der Waals surface area contributed by atoms with Crippen LogP contribution in [-0.2, 0) is 16.1 Å². The van der Waals surface area contributed by atoms with E-state index in [1.807, 2.05) is 36.4 Å². The van der Waals surface area contributed by atoms with E-state index in [9.17, 15) is 18.8 Å². The van der Waals surface area contributed by atoms with Crippen LogP contribution in [0.2, 0.25) is 0 Å². The van der Waals surface area contributed by atoms with Crippen molar-refractivity contribution < 1.29 is 23.2 Å². The number of halogens is 1. The van der Waals surface area contributed by atoms with Crippen LogP contribution in [-0.4, -0.2) is 80.1 Å². The summed E-state index contributed by atoms with van der Waals surface area (Å²) < 4.78 is 19.2. The lowest BCUT2D eigenvalue weighted by Crippen LogP contribution is -2.48. The summed E-state index contributed by atoms with van der Waals surface area (Å²) in [5.41, 5.74) is 4.26. The number of nitrogens with one attached hydrogen (secondary N) is 2. The number of carbonyl (C=O) groups is 3. The van der Waals surface area contributed by atoms with Gasteiger partial charge >= 0.3 is 0 Å². The fraction of sp³-hybridized carbons (Fsp3) is 0.257. The number of amides is 3. The van der Waals surface area contributed by atoms with E-state index in [4.69, 9.17) is 9.41 Å². The first-order chi connectivity index (χ1) is 22.2. The number of rotatable bonds is 9. The molecule has 4 aromatic rings. The molecule has 3 amide bonds. The molecule has 2 N–H and O–H groups in total. The van der Waals surface area contributed by atoms with Gasteiger partial charge in [-0.25, -0.2) is 4.39 Å². The first kappa shape index (κ1) is 30.9. The summed E-state index contributed by atoms with van der Waals surface area (Å²) in [5, 5.41) is 5.63. The van der Waals surface area contributed by atoms with Gasteiger partial charge in [-0.05, 0) is 78.3 Å². The van der Waals surface area contributed by atoms with Crippen molar-refractivity contribution in [2.75, 3.05) is 57.0 Å². The number of aliphatic imine (C=N–C) groups is 1. The number of anilines is 2. The van der Waals surface area contributed by atoms with Gasteiger partial charge in [-0.15, -0.1) is 0 Å². The third kappa shape index (κ3) is 6.90. The monoisotopic (exact) mass is 622 g/mol. The Hall–Kier alpha value is -5.13. The van der Waals surface area contributed by atoms with Crippen LogP contribution >= 0.6 is 0 Å². The summed E-state index contributed by atoms with van der Waals surface area (Å²) >= 11 is 0. The second kappa shape index (κ2) is 13.5. The normalized spacial score (nSPS) is 17.0. The lowest BCUT2D eigenvalue weighted by Gasteiger charge is -2.32. The third-order valence-electron chi connectivity index (χ3n) is 8.36. The quantitative estimate of drug-likeness (QED) is 0.268. The van der Waals surface area contributed by atoms with Gasteiger partial charge < -0.3 is 24.9 Å². The molecule has 1 atom stereocenters. The molecule has 0 spiro atoms. The van der Waals surface area contributed by atoms with Gasteiger partial charge in [0.05, 0.1) is 24.2 Å². The van der Waals surface area contributed by atoms with Gasteiger partial charge in [0, 0.05) is 51.1 Å². The lowest BCUT2D eigenvalue weighted by atomic mass is 9.90. The number of hydrogen-bond donors (Lipinski definition) is 2. The molecular formula is C35H35FN6O4. The molecule has 11 heteroatoms. The fourth-order valence-corrected chi connectivity index (χ4v) is 5.66. The summed E-state index contributed by atoms with van der Waals surface area (Å²) in [6.07, 6.45) is 1.44. The predicted molar refractivity (Wildman–Crippen MR) is 174 cm³/mol. The number of piperazine rings is 1. The van der Waals surface area contributed by atoms with Crippen molar-refractivity contribution in [3.63, 3.8) is 0 Å². The van der Waals surface area contributed by atoms with E-state index in [0.717, 1.165) is 37.4 Å². The molecule has 1 unspecified atom stereocenters. The molecule has 6 rings (SSSR count). The molecule has 1 aromatic heterocycles. The van der Waals surface area contributed by atoms with Crippen LogP contribution in [0.1, 0.15) is 33.2 Å². The first-order valence-electron chi connectivity index (χ1n) is 15.1. The third-order valence-corrected chi connectivity index (χ3v) is 8.36. The van der Waals surface area contributed by atoms with Crippen LogP contribution in [0.25, 0.3) is 0 Å². The number of hydrogen-bond acceptors (Lipinski definition) is 7. The maximum Gasteiger partial charge on any atom is 0.287 e. The van der Waals surface area contributed by atoms with Gasteiger partial charge in [0.1, 0.15) is 11.7 Å². The van der Waals surface area contributed by atoms with Gasteiger partial charge in [-0.2, -0.15) is 0 Å². The summed E-state index contributed by atoms with van der Waals surface area (Å²) in [6.45, 7) is 4.16. The smallest absolute Gasteiger partial charge is 0.287 e. The minimum absolute atomic E-state index is 0.00362. The highest BCUT2D eigenvalue weighted by Gasteiger charge is 2.36. The molecule has 46 heavy (non-hydrogen) atoms. The molecule has 3 heterocycles. The predicted octanol–water partition coefficient (Wildman–Crippen LogP) is 4.42. The molecule has 236 valence electrons. The summed E-state index contributed by atoms with van der Waals surface area (Å²) in [5.74, 6) is -1.70. The first-order valence-corrected chi connectivity index (χ1v) is 15.1. The molecule has 0 bridgehead atoms. The van der Waals surface area contributed by atoms with Crippen molar-refractivity contribution in [3.8, 4) is 0 Å². The number of likely N-dealkylation sites (N-methyl/N-ethyl adjacent to an activating group) is 2. The van der Waals surface area contributed by atoms with E-state index in [1.165, 1.54) is 18.4 Å². The number of benzene rings is 3. The van der Waals surface area contributed by atoms with Gasteiger partial charge in [0.25, 0.3) is 5.91 Å². The average molecular weight is 623 g/mol. The van der Waals surface area contributed by atoms with E-state index >= 15 is 0 Å². The Morgan fingerprint density at radius 3 is 2.54 bits per heavy atom. The highest BCUT2D eigenvalue weighted by molar-refractivity contribution is 6.24. The van der Waals surface area contributed by atoms with Crippen LogP contribution in [0.5, 0.6) is 0 Å². The zero-order valence-corrected chi connectivity index (χ0v) is 25.7. The largest absolute Gasteiger partial charge is 0.459 e. The minimum Gasteiger partial charge on any atom is -0.459 e. The van der Waals surface area contributed by atoms with Gasteiger partial charge in [0.2, 0.25) is 11.8 Å². The Morgan fingerprint density at radius 1 is 1.02 bits per heavy atom. The zero-order chi connectivity index (χ0) is 32.2. The van der Waals surface area contributed by atoms with Crippen molar-refractivity contribution in [1.29, 1.82) is 0 Å². The minimum atomic E-state index is -0.795. The van der Waals surface area contributed by atoms with Crippen molar-refractivity contribution >= 4 is 40.5 Å². The maximum absolute atomic E-state index is 14.0. The van der Waals surface area contributed by atoms with Crippen LogP contribution < -0.4 is 15.5 Å². The van der Waals surface area contributed by atoms with Gasteiger partial charge in [0.15, 0.2) is 5.76 Å². The number of fused-ring (bicyclic) bond motifs is 1. The van der Waals surface area contributed by atoms with Crippen LogP contribution in [0, 0.1) is 5.82 Å². The van der Waals surface area contributed by atoms with E-state index in [1.54, 1.807) is 42.3 Å². The topological polar surface area (TPSA) is 110 Å². The summed E-state index contributed by atoms with van der Waals surface area (Å²) in [4.78, 5) is 49.8. The molecule has 0 radical (unpaired) electrons. The summed E-state index contributed by atoms with van der Waals surface area (Å²) in [6, 6.07) is 22.2. The summed E-state index contributed by atoms with van der Waals surface area (Å²) in [7, 11) is 3.84. The molecule has 2 aliphatic rings. The fourth-order valence-electron chi connectivity index (χ4n) is 5.66. The number of nitrogens with zero attached hydrogens (tertiary/aromatic N) is 4. The zero-order valence-electron chi connectivity index (χ0n) is 25.7. The standard InChI is InChI=1S/C35H35FN6O4/c1-40-14-16-42(17-15-40)22-31(43)41(2)27-11-9-26(10-12-27)38-33(32-28-13-8-25(36)20-29(28)39-35(32)45)24-6-3-5-23(19-24)21-37-34(44)30-7-4-18-46-30/h3-13,18-20,32H,14-17,21-22H2,1-2H3,(H,37,44)(H,39,45). The van der Waals surface area contributed by atoms with Crippen molar-refractivity contribution in [2.24, 2.45) is 4.99 Å². The van der Waals surface area contributed by atoms with Gasteiger partial charge in [-0.3, -0.25) is 24.3 Å². The second-order valence-electron chi connectivity index (χ2n) is 11.6. The van der Waals surface area contributed by atoms with Crippen molar-refractivity contribution in [2.45, 2.75) is 12.5 Å². The van der Waals surface area contributed by atoms with E-state index in [-0.39, 0.29) is 30.0 Å². The van der Waals surface area contributed by atoms with E-state index < -0.39 is 11.7 Å². The molecule has 0 saturated carbocycles. The van der Waals surface area contributed by atoms with Crippen LogP contribution in [0.3, 0.4) is 0 Å². The number of furan rings is 1. The maximum atomic E-state index is 14.0. The van der Waals surface area contributed by atoms with Crippen LogP contribution in [0.4, 0.5) is 21.5 Å². The Labute approximate surface area is 266 Å². The molecular weight excluding hydrogens is 587 g/mol. The highest BCUT2D eigenvalue weighted by atomic mass is 19.1. The molecule has 0 aliphatic carbocycles. The Morgan fingerprint density at radius 2 is 1.80 bits per heavy atom. The molecule has 1 fully saturated rings. The van der Waals surface area contributed by atoms with Crippen LogP contribution in [0.15, 0.2) is 94.5 Å². The van der Waals surface area contributed by atoms with Crippen molar-refractivity contribution in [3.05, 3.63) is 113 Å². The molecule has 3 aromatic carbocycles. The molecule has 10 nitrogen and oxygen atoms in total. The molecule has 1 saturated heterocycles. The Kier molecular flexibility index (Phi) is 9.04. The average Bonchev–Trinajstić information content (AvgIpc) is 3.71. The Balaban J connectivity index is 1.27. The van der Waals surface area contributed by atoms with E-state index in [2.05, 4.69) is 27.5 Å². The second-order valence-corrected chi connectivity index (χ2v) is 11.6. The Bertz CT molecular complexity index is 1760. The number of carbonyl (C=O) groups excluding carboxylic acids is 3. The SMILES string of the molecule is CN1CCN(CC(=O)N(C)c2ccc(N=C(c3cccc(CNC(=O)c4ccco4)c3)C3C(=O)Nc4cc(F)ccc43)cc2)CC1. The molecule has 2 aliphatic heterocycles.